The molecule has 0 saturated heterocycles. The first-order valence-corrected chi connectivity index (χ1v) is 6.50. The minimum Gasteiger partial charge on any atom is -0.348 e. The van der Waals surface area contributed by atoms with Crippen molar-refractivity contribution in [2.24, 2.45) is 17.8 Å². The molecule has 16 heavy (non-hydrogen) atoms. The number of nitrogens with zero attached hydrogens (tertiary/aromatic N) is 1. The lowest BCUT2D eigenvalue weighted by molar-refractivity contribution is 0.162. The van der Waals surface area contributed by atoms with Crippen molar-refractivity contribution in [2.45, 2.75) is 40.7 Å². The Morgan fingerprint density at radius 2 is 2.06 bits per heavy atom. The average molecular weight is 217 g/mol. The maximum Gasteiger partial charge on any atom is 0.0433 e. The zero-order valence-corrected chi connectivity index (χ0v) is 10.9. The topological polar surface area (TPSA) is 4.93 Å². The van der Waals surface area contributed by atoms with E-state index in [1.54, 1.807) is 0 Å². The SMILES string of the molecule is C/C=c1\c(=C/C2C(C)CC2C)ccn1CC. The van der Waals surface area contributed by atoms with Gasteiger partial charge in [0, 0.05) is 18.1 Å². The minimum absolute atomic E-state index is 0.784. The average Bonchev–Trinajstić information content (AvgIpc) is 2.68. The van der Waals surface area contributed by atoms with E-state index in [4.69, 9.17) is 0 Å². The van der Waals surface area contributed by atoms with Crippen LogP contribution < -0.4 is 10.6 Å². The smallest absolute Gasteiger partial charge is 0.0433 e. The molecule has 2 atom stereocenters. The molecular formula is C15H23N. The first kappa shape index (κ1) is 11.5. The van der Waals surface area contributed by atoms with Crippen LogP contribution in [-0.2, 0) is 6.54 Å². The van der Waals surface area contributed by atoms with Gasteiger partial charge in [-0.1, -0.05) is 26.0 Å². The standard InChI is InChI=1S/C15H23N/c1-5-15-13(7-8-16(15)6-2)10-14-11(3)9-12(14)4/h5,7-8,10-12,14H,6,9H2,1-4H3/b13-10-,15-5+. The summed E-state index contributed by atoms with van der Waals surface area (Å²) in [6, 6.07) is 2.26. The Balaban J connectivity index is 2.41. The van der Waals surface area contributed by atoms with E-state index in [1.165, 1.54) is 17.0 Å². The summed E-state index contributed by atoms with van der Waals surface area (Å²) in [7, 11) is 0. The van der Waals surface area contributed by atoms with Crippen LogP contribution in [0, 0.1) is 17.8 Å². The number of aromatic nitrogens is 1. The van der Waals surface area contributed by atoms with Gasteiger partial charge in [-0.05, 0) is 49.3 Å². The predicted octanol–water partition coefficient (Wildman–Crippen LogP) is 2.38. The van der Waals surface area contributed by atoms with Crippen molar-refractivity contribution >= 4 is 12.2 Å². The molecule has 1 fully saturated rings. The van der Waals surface area contributed by atoms with Gasteiger partial charge in [0.2, 0.25) is 0 Å². The lowest BCUT2D eigenvalue weighted by Crippen LogP contribution is -2.35. The van der Waals surface area contributed by atoms with Gasteiger partial charge in [-0.15, -0.1) is 0 Å². The summed E-state index contributed by atoms with van der Waals surface area (Å²) < 4.78 is 2.32. The summed E-state index contributed by atoms with van der Waals surface area (Å²) in [6.45, 7) is 10.1. The molecule has 0 amide bonds. The highest BCUT2D eigenvalue weighted by Crippen LogP contribution is 2.40. The second-order valence-corrected chi connectivity index (χ2v) is 5.17. The van der Waals surface area contributed by atoms with E-state index in [0.29, 0.717) is 0 Å². The molecule has 0 aromatic carbocycles. The summed E-state index contributed by atoms with van der Waals surface area (Å²) in [4.78, 5) is 0. The molecule has 1 heterocycles. The van der Waals surface area contributed by atoms with E-state index in [1.807, 2.05) is 0 Å². The zero-order valence-electron chi connectivity index (χ0n) is 10.9. The van der Waals surface area contributed by atoms with Crippen LogP contribution in [0.1, 0.15) is 34.1 Å². The highest BCUT2D eigenvalue weighted by atomic mass is 14.9. The maximum atomic E-state index is 2.49. The van der Waals surface area contributed by atoms with Crippen LogP contribution in [0.3, 0.4) is 0 Å². The van der Waals surface area contributed by atoms with Crippen molar-refractivity contribution in [3.8, 4) is 0 Å². The lowest BCUT2D eigenvalue weighted by atomic mass is 9.66. The Kier molecular flexibility index (Phi) is 3.22. The number of hydrogen-bond donors (Lipinski definition) is 0. The molecule has 1 aromatic rings. The van der Waals surface area contributed by atoms with Crippen LogP contribution in [-0.4, -0.2) is 4.57 Å². The Morgan fingerprint density at radius 3 is 2.56 bits per heavy atom. The monoisotopic (exact) mass is 217 g/mol. The largest absolute Gasteiger partial charge is 0.348 e. The molecule has 1 aliphatic carbocycles. The second-order valence-electron chi connectivity index (χ2n) is 5.17. The quantitative estimate of drug-likeness (QED) is 0.717. The Morgan fingerprint density at radius 1 is 1.38 bits per heavy atom. The van der Waals surface area contributed by atoms with Gasteiger partial charge in [0.1, 0.15) is 0 Å². The van der Waals surface area contributed by atoms with E-state index in [-0.39, 0.29) is 0 Å². The van der Waals surface area contributed by atoms with E-state index >= 15 is 0 Å². The van der Waals surface area contributed by atoms with Crippen molar-refractivity contribution in [2.75, 3.05) is 0 Å². The van der Waals surface area contributed by atoms with E-state index < -0.39 is 0 Å². The van der Waals surface area contributed by atoms with Crippen LogP contribution >= 0.6 is 0 Å². The molecule has 1 saturated carbocycles. The summed E-state index contributed by atoms with van der Waals surface area (Å²) in [5, 5.41) is 2.81. The first-order valence-electron chi connectivity index (χ1n) is 6.50. The normalized spacial score (nSPS) is 31.9. The van der Waals surface area contributed by atoms with Gasteiger partial charge in [-0.2, -0.15) is 0 Å². The molecule has 0 radical (unpaired) electrons. The second kappa shape index (κ2) is 4.48. The van der Waals surface area contributed by atoms with Gasteiger partial charge >= 0.3 is 0 Å². The molecule has 0 N–H and O–H groups in total. The van der Waals surface area contributed by atoms with Crippen molar-refractivity contribution in [3.63, 3.8) is 0 Å². The van der Waals surface area contributed by atoms with Crippen molar-refractivity contribution < 1.29 is 0 Å². The molecule has 0 bridgehead atoms. The van der Waals surface area contributed by atoms with E-state index in [0.717, 1.165) is 24.3 Å². The van der Waals surface area contributed by atoms with Gasteiger partial charge in [-0.25, -0.2) is 0 Å². The highest BCUT2D eigenvalue weighted by molar-refractivity contribution is 5.33. The molecule has 1 heteroatoms. The lowest BCUT2D eigenvalue weighted by Gasteiger charge is -2.39. The molecule has 0 aliphatic heterocycles. The fourth-order valence-electron chi connectivity index (χ4n) is 3.05. The van der Waals surface area contributed by atoms with Gasteiger partial charge in [0.25, 0.3) is 0 Å². The molecule has 0 spiro atoms. The van der Waals surface area contributed by atoms with Crippen LogP contribution in [0.4, 0.5) is 0 Å². The Labute approximate surface area is 98.5 Å². The van der Waals surface area contributed by atoms with Crippen LogP contribution in [0.25, 0.3) is 12.2 Å². The fraction of sp³-hybridized carbons (Fsp3) is 0.600. The fourth-order valence-corrected chi connectivity index (χ4v) is 3.05. The van der Waals surface area contributed by atoms with Crippen molar-refractivity contribution in [1.29, 1.82) is 0 Å². The van der Waals surface area contributed by atoms with Crippen LogP contribution in [0.5, 0.6) is 0 Å². The molecular weight excluding hydrogens is 194 g/mol. The molecule has 1 aliphatic rings. The number of hydrogen-bond acceptors (Lipinski definition) is 0. The van der Waals surface area contributed by atoms with Crippen LogP contribution in [0.2, 0.25) is 0 Å². The maximum absolute atomic E-state index is 2.49. The van der Waals surface area contributed by atoms with Gasteiger partial charge in [0.15, 0.2) is 0 Å². The van der Waals surface area contributed by atoms with E-state index in [9.17, 15) is 0 Å². The van der Waals surface area contributed by atoms with Gasteiger partial charge in [0.05, 0.1) is 0 Å². The Hall–Kier alpha value is -0.980. The predicted molar refractivity (Wildman–Crippen MR) is 70.4 cm³/mol. The highest BCUT2D eigenvalue weighted by Gasteiger charge is 2.32. The summed E-state index contributed by atoms with van der Waals surface area (Å²) in [5.74, 6) is 2.51. The molecule has 2 unspecified atom stereocenters. The summed E-state index contributed by atoms with van der Waals surface area (Å²) in [5.41, 5.74) is 0. The zero-order chi connectivity index (χ0) is 11.7. The van der Waals surface area contributed by atoms with Crippen molar-refractivity contribution in [1.82, 2.24) is 4.57 Å². The third kappa shape index (κ3) is 1.83. The minimum atomic E-state index is 0.784. The molecule has 88 valence electrons. The van der Waals surface area contributed by atoms with E-state index in [2.05, 4.69) is 56.7 Å². The third-order valence-electron chi connectivity index (χ3n) is 4.08. The Bertz CT molecular complexity index is 458. The summed E-state index contributed by atoms with van der Waals surface area (Å²) in [6.07, 6.45) is 8.31. The van der Waals surface area contributed by atoms with Gasteiger partial charge in [-0.3, -0.25) is 0 Å². The molecule has 2 rings (SSSR count). The number of aryl methyl sites for hydroxylation is 1. The van der Waals surface area contributed by atoms with Gasteiger partial charge < -0.3 is 4.57 Å². The summed E-state index contributed by atoms with van der Waals surface area (Å²) >= 11 is 0. The van der Waals surface area contributed by atoms with Crippen molar-refractivity contribution in [3.05, 3.63) is 22.8 Å². The first-order chi connectivity index (χ1) is 7.67. The third-order valence-corrected chi connectivity index (χ3v) is 4.08. The molecule has 1 aromatic heterocycles. The van der Waals surface area contributed by atoms with Crippen LogP contribution in [0.15, 0.2) is 12.3 Å². The molecule has 1 nitrogen and oxygen atoms in total. The number of rotatable bonds is 2.